The van der Waals surface area contributed by atoms with Crippen molar-refractivity contribution in [3.05, 3.63) is 0 Å². The molecule has 9 heavy (non-hydrogen) atoms. The van der Waals surface area contributed by atoms with Gasteiger partial charge >= 0.3 is 5.97 Å². The number of esters is 1. The third-order valence-electron chi connectivity index (χ3n) is 0.939. The molecular formula is C5H10INO2. The fourth-order valence-electron chi connectivity index (χ4n) is 0.327. The van der Waals surface area contributed by atoms with E-state index in [9.17, 15) is 4.79 Å². The van der Waals surface area contributed by atoms with Crippen LogP contribution in [0.5, 0.6) is 0 Å². The zero-order chi connectivity index (χ0) is 7.28. The summed E-state index contributed by atoms with van der Waals surface area (Å²) in [6.07, 6.45) is 0.634. The Hall–Kier alpha value is 0.160. The number of hydrogen-bond acceptors (Lipinski definition) is 3. The summed E-state index contributed by atoms with van der Waals surface area (Å²) in [5.74, 6) is -0.313. The molecule has 0 fully saturated rings. The largest absolute Gasteiger partial charge is 0.454 e. The van der Waals surface area contributed by atoms with Crippen molar-refractivity contribution in [1.82, 2.24) is 0 Å². The average Bonchev–Trinajstić information content (AvgIpc) is 1.87. The molecular weight excluding hydrogens is 233 g/mol. The van der Waals surface area contributed by atoms with Crippen molar-refractivity contribution in [3.63, 3.8) is 0 Å². The first-order valence-electron chi connectivity index (χ1n) is 2.70. The molecule has 2 N–H and O–H groups in total. The summed E-state index contributed by atoms with van der Waals surface area (Å²) in [5.41, 5.74) is 5.32. The van der Waals surface area contributed by atoms with Gasteiger partial charge in [-0.2, -0.15) is 0 Å². The Kier molecular flexibility index (Phi) is 5.07. The number of halogens is 1. The van der Waals surface area contributed by atoms with E-state index in [1.807, 2.05) is 29.5 Å². The van der Waals surface area contributed by atoms with Crippen LogP contribution in [0.3, 0.4) is 0 Å². The van der Waals surface area contributed by atoms with Crippen LogP contribution in [0, 0.1) is 0 Å². The molecule has 0 aliphatic carbocycles. The van der Waals surface area contributed by atoms with Crippen LogP contribution in [0.2, 0.25) is 0 Å². The van der Waals surface area contributed by atoms with E-state index in [1.54, 1.807) is 0 Å². The van der Waals surface area contributed by atoms with E-state index in [1.165, 1.54) is 0 Å². The van der Waals surface area contributed by atoms with E-state index in [2.05, 4.69) is 4.74 Å². The highest BCUT2D eigenvalue weighted by atomic mass is 127. The number of carbonyl (C=O) groups excluding carboxylic acids is 1. The predicted octanol–water partition coefficient (Wildman–Crippen LogP) is 0.659. The summed E-state index contributed by atoms with van der Waals surface area (Å²) in [7, 11) is 0. The van der Waals surface area contributed by atoms with E-state index in [0.717, 1.165) is 0 Å². The first kappa shape index (κ1) is 9.16. The Morgan fingerprint density at radius 3 is 2.78 bits per heavy atom. The second kappa shape index (κ2) is 4.99. The maximum absolute atomic E-state index is 10.6. The lowest BCUT2D eigenvalue weighted by Gasteiger charge is -2.05. The summed E-state index contributed by atoms with van der Waals surface area (Å²) in [4.78, 5) is 10.6. The fourth-order valence-corrected chi connectivity index (χ4v) is 0.634. The molecule has 0 saturated heterocycles. The smallest absolute Gasteiger partial charge is 0.323 e. The highest BCUT2D eigenvalue weighted by Gasteiger charge is 2.10. The monoisotopic (exact) mass is 243 g/mol. The van der Waals surface area contributed by atoms with Gasteiger partial charge in [0.1, 0.15) is 10.7 Å². The SMILES string of the molecule is CC[C@H](N)C(=O)OCI. The van der Waals surface area contributed by atoms with Crippen LogP contribution in [0.4, 0.5) is 0 Å². The minimum Gasteiger partial charge on any atom is -0.454 e. The molecule has 0 amide bonds. The van der Waals surface area contributed by atoms with Gasteiger partial charge in [-0.15, -0.1) is 0 Å². The molecule has 4 heteroatoms. The predicted molar refractivity (Wildman–Crippen MR) is 43.2 cm³/mol. The molecule has 0 aliphatic heterocycles. The molecule has 0 bridgehead atoms. The molecule has 0 radical (unpaired) electrons. The quantitative estimate of drug-likeness (QED) is 0.450. The third kappa shape index (κ3) is 3.69. The van der Waals surface area contributed by atoms with Crippen LogP contribution in [-0.2, 0) is 9.53 Å². The zero-order valence-corrected chi connectivity index (χ0v) is 7.42. The lowest BCUT2D eigenvalue weighted by molar-refractivity contribution is -0.142. The van der Waals surface area contributed by atoms with Gasteiger partial charge in [-0.25, -0.2) is 0 Å². The number of ether oxygens (including phenoxy) is 1. The number of nitrogens with two attached hydrogens (primary N) is 1. The summed E-state index contributed by atoms with van der Waals surface area (Å²) in [6, 6.07) is -0.445. The van der Waals surface area contributed by atoms with Gasteiger partial charge in [0.2, 0.25) is 0 Å². The Bertz CT molecular complexity index is 97.0. The van der Waals surface area contributed by atoms with Crippen LogP contribution >= 0.6 is 22.6 Å². The zero-order valence-electron chi connectivity index (χ0n) is 5.26. The van der Waals surface area contributed by atoms with Gasteiger partial charge in [0, 0.05) is 0 Å². The first-order valence-corrected chi connectivity index (χ1v) is 4.23. The minimum atomic E-state index is -0.445. The third-order valence-corrected chi connectivity index (χ3v) is 1.25. The minimum absolute atomic E-state index is 0.313. The maximum Gasteiger partial charge on any atom is 0.323 e. The Morgan fingerprint density at radius 2 is 2.44 bits per heavy atom. The van der Waals surface area contributed by atoms with Gasteiger partial charge in [0.25, 0.3) is 0 Å². The molecule has 0 heterocycles. The summed E-state index contributed by atoms with van der Waals surface area (Å²) in [6.45, 7) is 1.85. The van der Waals surface area contributed by atoms with E-state index in [4.69, 9.17) is 5.73 Å². The molecule has 0 saturated carbocycles. The maximum atomic E-state index is 10.6. The molecule has 0 aromatic carbocycles. The van der Waals surface area contributed by atoms with E-state index in [0.29, 0.717) is 11.0 Å². The average molecular weight is 243 g/mol. The van der Waals surface area contributed by atoms with Crippen molar-refractivity contribution in [1.29, 1.82) is 0 Å². The molecule has 0 aromatic rings. The molecule has 54 valence electrons. The Morgan fingerprint density at radius 1 is 1.89 bits per heavy atom. The lowest BCUT2D eigenvalue weighted by atomic mass is 10.2. The number of alkyl halides is 1. The summed E-state index contributed by atoms with van der Waals surface area (Å²) in [5, 5.41) is 0. The fraction of sp³-hybridized carbons (Fsp3) is 0.800. The van der Waals surface area contributed by atoms with Gasteiger partial charge in [-0.3, -0.25) is 4.79 Å². The summed E-state index contributed by atoms with van der Waals surface area (Å²) < 4.78 is 5.00. The summed E-state index contributed by atoms with van der Waals surface area (Å²) >= 11 is 1.95. The van der Waals surface area contributed by atoms with Gasteiger partial charge in [0.15, 0.2) is 0 Å². The van der Waals surface area contributed by atoms with E-state index < -0.39 is 6.04 Å². The highest BCUT2D eigenvalue weighted by Crippen LogP contribution is 1.92. The van der Waals surface area contributed by atoms with Gasteiger partial charge in [-0.05, 0) is 29.0 Å². The number of rotatable bonds is 3. The van der Waals surface area contributed by atoms with Crippen molar-refractivity contribution in [2.45, 2.75) is 19.4 Å². The second-order valence-corrected chi connectivity index (χ2v) is 2.21. The van der Waals surface area contributed by atoms with Crippen molar-refractivity contribution in [3.8, 4) is 0 Å². The van der Waals surface area contributed by atoms with E-state index >= 15 is 0 Å². The molecule has 3 nitrogen and oxygen atoms in total. The van der Waals surface area contributed by atoms with Crippen molar-refractivity contribution >= 4 is 28.6 Å². The topological polar surface area (TPSA) is 52.3 Å². The Labute approximate surface area is 68.1 Å². The van der Waals surface area contributed by atoms with Crippen LogP contribution in [0.25, 0.3) is 0 Å². The van der Waals surface area contributed by atoms with Crippen molar-refractivity contribution in [2.75, 3.05) is 4.61 Å². The van der Waals surface area contributed by atoms with Crippen molar-refractivity contribution < 1.29 is 9.53 Å². The highest BCUT2D eigenvalue weighted by molar-refractivity contribution is 14.1. The molecule has 0 unspecified atom stereocenters. The van der Waals surface area contributed by atoms with Crippen LogP contribution in [-0.4, -0.2) is 16.6 Å². The first-order chi connectivity index (χ1) is 4.22. The number of hydrogen-bond donors (Lipinski definition) is 1. The van der Waals surface area contributed by atoms with Gasteiger partial charge < -0.3 is 10.5 Å². The standard InChI is InChI=1S/C5H10INO2/c1-2-4(7)5(8)9-3-6/h4H,2-3,7H2,1H3/t4-/m0/s1. The molecule has 1 atom stereocenters. The van der Waals surface area contributed by atoms with Gasteiger partial charge in [-0.1, -0.05) is 6.92 Å². The van der Waals surface area contributed by atoms with Crippen LogP contribution in [0.15, 0.2) is 0 Å². The van der Waals surface area contributed by atoms with E-state index in [-0.39, 0.29) is 5.97 Å². The lowest BCUT2D eigenvalue weighted by Crippen LogP contribution is -2.30. The Balaban J connectivity index is 3.46. The van der Waals surface area contributed by atoms with Crippen LogP contribution < -0.4 is 5.73 Å². The van der Waals surface area contributed by atoms with Gasteiger partial charge in [0.05, 0.1) is 0 Å². The van der Waals surface area contributed by atoms with Crippen LogP contribution in [0.1, 0.15) is 13.3 Å². The number of carbonyl (C=O) groups is 1. The molecule has 0 spiro atoms. The molecule has 0 aliphatic rings. The molecule has 0 rings (SSSR count). The normalized spacial score (nSPS) is 12.8. The van der Waals surface area contributed by atoms with Crippen molar-refractivity contribution in [2.24, 2.45) is 5.73 Å². The molecule has 0 aromatic heterocycles. The second-order valence-electron chi connectivity index (χ2n) is 1.59.